The highest BCUT2D eigenvalue weighted by Gasteiger charge is 2.32. The summed E-state index contributed by atoms with van der Waals surface area (Å²) in [5.74, 6) is 0.152. The number of aryl methyl sites for hydroxylation is 1. The molecule has 25 heavy (non-hydrogen) atoms. The van der Waals surface area contributed by atoms with Gasteiger partial charge in [0.25, 0.3) is 15.9 Å². The van der Waals surface area contributed by atoms with Gasteiger partial charge < -0.3 is 4.74 Å². The fourth-order valence-corrected chi connectivity index (χ4v) is 5.64. The minimum Gasteiger partial charge on any atom is -0.471 e. The van der Waals surface area contributed by atoms with Crippen molar-refractivity contribution in [3.05, 3.63) is 35.1 Å². The molecule has 0 saturated carbocycles. The van der Waals surface area contributed by atoms with Gasteiger partial charge in [0.1, 0.15) is 16.4 Å². The summed E-state index contributed by atoms with van der Waals surface area (Å²) in [6.07, 6.45) is 4.74. The van der Waals surface area contributed by atoms with E-state index < -0.39 is 10.0 Å². The van der Waals surface area contributed by atoms with Gasteiger partial charge >= 0.3 is 0 Å². The highest BCUT2D eigenvalue weighted by atomic mass is 32.2. The van der Waals surface area contributed by atoms with E-state index in [1.165, 1.54) is 28.0 Å². The number of hydrogen-bond donors (Lipinski definition) is 0. The number of rotatable bonds is 5. The van der Waals surface area contributed by atoms with E-state index in [-0.39, 0.29) is 24.2 Å². The number of sulfonamides is 1. The SMILES string of the molecule is CCc1ccc(S(=O)(=O)N2CCC[C@H](Oc3nccnc3C#N)C2)s1. The third-order valence-corrected chi connectivity index (χ3v) is 7.53. The Bertz CT molecular complexity index is 889. The number of nitrogens with zero attached hydrogens (tertiary/aromatic N) is 4. The molecule has 3 rings (SSSR count). The lowest BCUT2D eigenvalue weighted by molar-refractivity contribution is 0.124. The molecule has 1 atom stereocenters. The van der Waals surface area contributed by atoms with E-state index in [1.54, 1.807) is 6.07 Å². The predicted octanol–water partition coefficient (Wildman–Crippen LogP) is 2.20. The second kappa shape index (κ2) is 7.47. The third kappa shape index (κ3) is 3.81. The quantitative estimate of drug-likeness (QED) is 0.791. The lowest BCUT2D eigenvalue weighted by Gasteiger charge is -2.31. The van der Waals surface area contributed by atoms with Crippen LogP contribution in [0.3, 0.4) is 0 Å². The van der Waals surface area contributed by atoms with Gasteiger partial charge in [-0.25, -0.2) is 18.4 Å². The molecule has 0 amide bonds. The van der Waals surface area contributed by atoms with Gasteiger partial charge in [-0.05, 0) is 31.4 Å². The van der Waals surface area contributed by atoms with Crippen molar-refractivity contribution in [1.29, 1.82) is 5.26 Å². The second-order valence-electron chi connectivity index (χ2n) is 5.64. The molecule has 1 aliphatic heterocycles. The summed E-state index contributed by atoms with van der Waals surface area (Å²) in [6.45, 7) is 2.71. The molecule has 1 aliphatic rings. The summed E-state index contributed by atoms with van der Waals surface area (Å²) in [4.78, 5) is 8.98. The zero-order valence-electron chi connectivity index (χ0n) is 13.8. The minimum absolute atomic E-state index is 0.105. The van der Waals surface area contributed by atoms with Gasteiger partial charge in [0.2, 0.25) is 5.69 Å². The zero-order chi connectivity index (χ0) is 17.9. The first-order valence-electron chi connectivity index (χ1n) is 8.01. The average Bonchev–Trinajstić information content (AvgIpc) is 3.12. The maximum absolute atomic E-state index is 12.8. The fraction of sp³-hybridized carbons (Fsp3) is 0.438. The second-order valence-corrected chi connectivity index (χ2v) is 8.97. The topological polar surface area (TPSA) is 96.2 Å². The maximum atomic E-state index is 12.8. The summed E-state index contributed by atoms with van der Waals surface area (Å²) >= 11 is 1.31. The number of aromatic nitrogens is 2. The molecule has 2 aromatic rings. The van der Waals surface area contributed by atoms with Crippen LogP contribution in [-0.4, -0.2) is 41.9 Å². The first-order valence-corrected chi connectivity index (χ1v) is 10.3. The minimum atomic E-state index is -3.52. The molecule has 0 radical (unpaired) electrons. The van der Waals surface area contributed by atoms with Crippen LogP contribution >= 0.6 is 11.3 Å². The first kappa shape index (κ1) is 17.8. The van der Waals surface area contributed by atoms with Gasteiger partial charge in [0, 0.05) is 23.8 Å². The number of nitriles is 1. The number of piperidine rings is 1. The molecule has 1 saturated heterocycles. The van der Waals surface area contributed by atoms with E-state index >= 15 is 0 Å². The monoisotopic (exact) mass is 378 g/mol. The Hall–Kier alpha value is -2.02. The van der Waals surface area contributed by atoms with Crippen molar-refractivity contribution in [2.24, 2.45) is 0 Å². The van der Waals surface area contributed by atoms with E-state index in [0.717, 1.165) is 11.3 Å². The van der Waals surface area contributed by atoms with Crippen molar-refractivity contribution in [1.82, 2.24) is 14.3 Å². The van der Waals surface area contributed by atoms with E-state index in [9.17, 15) is 8.42 Å². The van der Waals surface area contributed by atoms with Crippen LogP contribution < -0.4 is 4.74 Å². The van der Waals surface area contributed by atoms with Crippen LogP contribution in [0.1, 0.15) is 30.3 Å². The van der Waals surface area contributed by atoms with Crippen LogP contribution in [-0.2, 0) is 16.4 Å². The molecule has 0 spiro atoms. The average molecular weight is 378 g/mol. The largest absolute Gasteiger partial charge is 0.471 e. The normalized spacial score (nSPS) is 18.6. The van der Waals surface area contributed by atoms with Crippen LogP contribution in [0, 0.1) is 11.3 Å². The van der Waals surface area contributed by atoms with Gasteiger partial charge in [-0.2, -0.15) is 9.57 Å². The first-order chi connectivity index (χ1) is 12.0. The van der Waals surface area contributed by atoms with Crippen molar-refractivity contribution >= 4 is 21.4 Å². The molecule has 0 unspecified atom stereocenters. The predicted molar refractivity (Wildman–Crippen MR) is 92.9 cm³/mol. The van der Waals surface area contributed by atoms with Crippen molar-refractivity contribution in [2.75, 3.05) is 13.1 Å². The molecule has 3 heterocycles. The lowest BCUT2D eigenvalue weighted by atomic mass is 10.1. The molecule has 7 nitrogen and oxygen atoms in total. The summed E-state index contributed by atoms with van der Waals surface area (Å²) in [5, 5.41) is 9.07. The smallest absolute Gasteiger partial charge is 0.252 e. The van der Waals surface area contributed by atoms with Gasteiger partial charge in [0.05, 0.1) is 6.54 Å². The van der Waals surface area contributed by atoms with E-state index in [1.807, 2.05) is 19.1 Å². The van der Waals surface area contributed by atoms with E-state index in [4.69, 9.17) is 10.00 Å². The lowest BCUT2D eigenvalue weighted by Crippen LogP contribution is -2.44. The van der Waals surface area contributed by atoms with Crippen molar-refractivity contribution < 1.29 is 13.2 Å². The van der Waals surface area contributed by atoms with Gasteiger partial charge in [-0.1, -0.05) is 6.92 Å². The van der Waals surface area contributed by atoms with Crippen LogP contribution in [0.15, 0.2) is 28.7 Å². The molecule has 0 aromatic carbocycles. The number of hydrogen-bond acceptors (Lipinski definition) is 7. The molecular weight excluding hydrogens is 360 g/mol. The van der Waals surface area contributed by atoms with Gasteiger partial charge in [-0.15, -0.1) is 11.3 Å². The van der Waals surface area contributed by atoms with Crippen molar-refractivity contribution in [2.45, 2.75) is 36.5 Å². The maximum Gasteiger partial charge on any atom is 0.252 e. The summed E-state index contributed by atoms with van der Waals surface area (Å²) in [7, 11) is -3.52. The Morgan fingerprint density at radius 2 is 2.20 bits per heavy atom. The molecular formula is C16H18N4O3S2. The standard InChI is InChI=1S/C16H18N4O3S2/c1-2-13-5-6-15(24-13)25(21,22)20-9-3-4-12(11-20)23-16-14(10-17)18-7-8-19-16/h5-8,12H,2-4,9,11H2,1H3/t12-/m0/s1. The third-order valence-electron chi connectivity index (χ3n) is 3.97. The molecule has 0 bridgehead atoms. The van der Waals surface area contributed by atoms with Crippen LogP contribution in [0.2, 0.25) is 0 Å². The molecule has 2 aromatic heterocycles. The molecule has 132 valence electrons. The van der Waals surface area contributed by atoms with E-state index in [0.29, 0.717) is 23.6 Å². The Labute approximate surface area is 151 Å². The Kier molecular flexibility index (Phi) is 5.32. The highest BCUT2D eigenvalue weighted by Crippen LogP contribution is 2.28. The molecule has 0 N–H and O–H groups in total. The Balaban J connectivity index is 1.75. The van der Waals surface area contributed by atoms with Crippen LogP contribution in [0.25, 0.3) is 0 Å². The summed E-state index contributed by atoms with van der Waals surface area (Å²) < 4.78 is 33.3. The van der Waals surface area contributed by atoms with Gasteiger partial charge in [0.15, 0.2) is 0 Å². The zero-order valence-corrected chi connectivity index (χ0v) is 15.4. The number of ether oxygens (including phenoxy) is 1. The van der Waals surface area contributed by atoms with E-state index in [2.05, 4.69) is 9.97 Å². The van der Waals surface area contributed by atoms with Crippen molar-refractivity contribution in [3.63, 3.8) is 0 Å². The van der Waals surface area contributed by atoms with Crippen LogP contribution in [0.4, 0.5) is 0 Å². The number of thiophene rings is 1. The molecule has 9 heteroatoms. The summed E-state index contributed by atoms with van der Waals surface area (Å²) in [5.41, 5.74) is 0.105. The molecule has 0 aliphatic carbocycles. The highest BCUT2D eigenvalue weighted by molar-refractivity contribution is 7.91. The Morgan fingerprint density at radius 1 is 1.40 bits per heavy atom. The van der Waals surface area contributed by atoms with Gasteiger partial charge in [-0.3, -0.25) is 0 Å². The van der Waals surface area contributed by atoms with Crippen LogP contribution in [0.5, 0.6) is 5.88 Å². The van der Waals surface area contributed by atoms with Crippen molar-refractivity contribution in [3.8, 4) is 11.9 Å². The molecule has 1 fully saturated rings. The summed E-state index contributed by atoms with van der Waals surface area (Å²) in [6, 6.07) is 5.45. The Morgan fingerprint density at radius 3 is 2.92 bits per heavy atom. The fourth-order valence-electron chi connectivity index (χ4n) is 2.68.